The van der Waals surface area contributed by atoms with Crippen LogP contribution in [0.4, 0.5) is 0 Å². The van der Waals surface area contributed by atoms with Gasteiger partial charge in [-0.15, -0.1) is 0 Å². The zero-order valence-electron chi connectivity index (χ0n) is 12.4. The molecule has 3 heteroatoms. The molecule has 0 N–H and O–H groups in total. The van der Waals surface area contributed by atoms with Crippen LogP contribution >= 0.6 is 0 Å². The molecule has 1 unspecified atom stereocenters. The van der Waals surface area contributed by atoms with E-state index < -0.39 is 11.0 Å². The van der Waals surface area contributed by atoms with Crippen LogP contribution in [0, 0.1) is 6.92 Å². The zero-order chi connectivity index (χ0) is 15.1. The Bertz CT molecular complexity index is 851. The van der Waals surface area contributed by atoms with E-state index in [4.69, 9.17) is 0 Å². The van der Waals surface area contributed by atoms with Crippen molar-refractivity contribution in [3.05, 3.63) is 77.9 Å². The Kier molecular flexibility index (Phi) is 3.32. The second-order valence-electron chi connectivity index (χ2n) is 5.75. The molecule has 2 nitrogen and oxygen atoms in total. The number of aryl methyl sites for hydroxylation is 1. The lowest BCUT2D eigenvalue weighted by Crippen LogP contribution is -2.04. The Morgan fingerprint density at radius 1 is 0.955 bits per heavy atom. The number of hydrogen-bond donors (Lipinski definition) is 0. The first kappa shape index (κ1) is 13.7. The Hall–Kier alpha value is -1.97. The molecule has 0 saturated carbocycles. The molecule has 110 valence electrons. The number of benzene rings is 3. The summed E-state index contributed by atoms with van der Waals surface area (Å²) in [5.74, 6) is 0. The fourth-order valence-corrected chi connectivity index (χ4v) is 4.15. The maximum atomic E-state index is 12.7. The predicted molar refractivity (Wildman–Crippen MR) is 91.0 cm³/mol. The number of fused-ring (bicyclic) bond motifs is 1. The summed E-state index contributed by atoms with van der Waals surface area (Å²) in [6, 6.07) is 23.0. The van der Waals surface area contributed by atoms with Gasteiger partial charge in [0, 0.05) is 6.54 Å². The first-order chi connectivity index (χ1) is 10.7. The summed E-state index contributed by atoms with van der Waals surface area (Å²) in [6.45, 7) is 2.90. The zero-order valence-corrected chi connectivity index (χ0v) is 13.2. The summed E-state index contributed by atoms with van der Waals surface area (Å²) in [6.07, 6.45) is 0. The molecular weight excluding hydrogens is 290 g/mol. The van der Waals surface area contributed by atoms with E-state index in [0.29, 0.717) is 0 Å². The van der Waals surface area contributed by atoms with E-state index in [0.717, 1.165) is 11.4 Å². The Morgan fingerprint density at radius 2 is 1.68 bits per heavy atom. The highest BCUT2D eigenvalue weighted by Gasteiger charge is 2.41. The Morgan fingerprint density at radius 3 is 2.50 bits per heavy atom. The van der Waals surface area contributed by atoms with Crippen molar-refractivity contribution in [2.75, 3.05) is 6.54 Å². The Balaban J connectivity index is 1.63. The maximum absolute atomic E-state index is 12.7. The average molecular weight is 307 g/mol. The van der Waals surface area contributed by atoms with E-state index in [2.05, 4.69) is 42.5 Å². The second-order valence-corrected chi connectivity index (χ2v) is 7.18. The third-order valence-corrected chi connectivity index (χ3v) is 5.69. The highest BCUT2D eigenvalue weighted by molar-refractivity contribution is 7.83. The molecule has 1 saturated heterocycles. The molecule has 3 aromatic carbocycles. The standard InChI is InChI=1S/C19H17NOS/c1-14-9-11-16(12-10-14)22(21)20-13-19(20)18-8-4-6-15-5-2-3-7-17(15)18/h2-12,19H,13H2,1H3/t19-,20?,22-/m0/s1. The number of hydrogen-bond acceptors (Lipinski definition) is 1. The van der Waals surface area contributed by atoms with Gasteiger partial charge >= 0.3 is 0 Å². The van der Waals surface area contributed by atoms with Gasteiger partial charge in [-0.3, -0.25) is 0 Å². The molecule has 4 rings (SSSR count). The summed E-state index contributed by atoms with van der Waals surface area (Å²) < 4.78 is 14.7. The van der Waals surface area contributed by atoms with Crippen LogP contribution in [0.1, 0.15) is 17.2 Å². The minimum absolute atomic E-state index is 0.258. The van der Waals surface area contributed by atoms with Crippen molar-refractivity contribution in [1.29, 1.82) is 0 Å². The smallest absolute Gasteiger partial charge is 0.128 e. The lowest BCUT2D eigenvalue weighted by atomic mass is 10.0. The van der Waals surface area contributed by atoms with Crippen LogP contribution in [0.15, 0.2) is 71.6 Å². The van der Waals surface area contributed by atoms with E-state index in [-0.39, 0.29) is 6.04 Å². The molecule has 22 heavy (non-hydrogen) atoms. The SMILES string of the molecule is Cc1ccc([S@](=O)N2C[C@H]2c2cccc3ccccc23)cc1. The molecule has 0 aromatic heterocycles. The molecule has 3 atom stereocenters. The predicted octanol–water partition coefficient (Wildman–Crippen LogP) is 4.23. The van der Waals surface area contributed by atoms with Gasteiger partial charge in [0.2, 0.25) is 0 Å². The molecule has 1 fully saturated rings. The minimum atomic E-state index is -1.07. The highest BCUT2D eigenvalue weighted by atomic mass is 32.2. The van der Waals surface area contributed by atoms with Gasteiger partial charge in [-0.1, -0.05) is 60.2 Å². The van der Waals surface area contributed by atoms with Crippen LogP contribution in [-0.4, -0.2) is 15.1 Å². The van der Waals surface area contributed by atoms with E-state index >= 15 is 0 Å². The van der Waals surface area contributed by atoms with Crippen molar-refractivity contribution in [1.82, 2.24) is 4.31 Å². The maximum Gasteiger partial charge on any atom is 0.128 e. The van der Waals surface area contributed by atoms with Crippen molar-refractivity contribution in [2.45, 2.75) is 17.9 Å². The first-order valence-corrected chi connectivity index (χ1v) is 8.57. The van der Waals surface area contributed by atoms with E-state index in [1.165, 1.54) is 21.9 Å². The summed E-state index contributed by atoms with van der Waals surface area (Å²) in [4.78, 5) is 0.883. The Labute approximate surface area is 133 Å². The van der Waals surface area contributed by atoms with E-state index in [1.807, 2.05) is 35.5 Å². The van der Waals surface area contributed by atoms with Crippen LogP contribution in [0.2, 0.25) is 0 Å². The summed E-state index contributed by atoms with van der Waals surface area (Å²) >= 11 is 0. The lowest BCUT2D eigenvalue weighted by Gasteiger charge is -2.07. The fraction of sp³-hybridized carbons (Fsp3) is 0.158. The molecule has 0 radical (unpaired) electrons. The van der Waals surface area contributed by atoms with Crippen molar-refractivity contribution in [2.24, 2.45) is 0 Å². The van der Waals surface area contributed by atoms with Crippen LogP contribution in [0.3, 0.4) is 0 Å². The highest BCUT2D eigenvalue weighted by Crippen LogP contribution is 2.41. The van der Waals surface area contributed by atoms with Crippen molar-refractivity contribution in [3.8, 4) is 0 Å². The van der Waals surface area contributed by atoms with Gasteiger partial charge in [-0.05, 0) is 35.4 Å². The molecular formula is C19H17NOS. The largest absolute Gasteiger partial charge is 0.237 e. The van der Waals surface area contributed by atoms with Crippen molar-refractivity contribution >= 4 is 21.8 Å². The molecule has 0 aliphatic carbocycles. The summed E-state index contributed by atoms with van der Waals surface area (Å²) in [5.41, 5.74) is 2.47. The quantitative estimate of drug-likeness (QED) is 0.663. The molecule has 3 aromatic rings. The van der Waals surface area contributed by atoms with Gasteiger partial charge in [-0.2, -0.15) is 0 Å². The molecule has 0 bridgehead atoms. The minimum Gasteiger partial charge on any atom is -0.237 e. The van der Waals surface area contributed by atoms with Gasteiger partial charge in [0.25, 0.3) is 0 Å². The normalized spacial score (nSPS) is 21.7. The van der Waals surface area contributed by atoms with Gasteiger partial charge in [0.05, 0.1) is 10.9 Å². The second kappa shape index (κ2) is 5.34. The summed E-state index contributed by atoms with van der Waals surface area (Å²) in [5, 5.41) is 2.51. The van der Waals surface area contributed by atoms with Crippen LogP contribution in [0.25, 0.3) is 10.8 Å². The first-order valence-electron chi connectivity index (χ1n) is 7.47. The number of rotatable bonds is 3. The molecule has 0 amide bonds. The molecule has 1 aliphatic rings. The third-order valence-electron chi connectivity index (χ3n) is 4.18. The number of nitrogens with zero attached hydrogens (tertiary/aromatic N) is 1. The van der Waals surface area contributed by atoms with Gasteiger partial charge in [0.15, 0.2) is 0 Å². The summed E-state index contributed by atoms with van der Waals surface area (Å²) in [7, 11) is -1.07. The van der Waals surface area contributed by atoms with Crippen molar-refractivity contribution in [3.63, 3.8) is 0 Å². The van der Waals surface area contributed by atoms with Gasteiger partial charge < -0.3 is 0 Å². The van der Waals surface area contributed by atoms with Gasteiger partial charge in [0.1, 0.15) is 11.0 Å². The topological polar surface area (TPSA) is 20.1 Å². The van der Waals surface area contributed by atoms with E-state index in [9.17, 15) is 4.21 Å². The van der Waals surface area contributed by atoms with E-state index in [1.54, 1.807) is 0 Å². The molecule has 0 spiro atoms. The van der Waals surface area contributed by atoms with Gasteiger partial charge in [-0.25, -0.2) is 8.51 Å². The van der Waals surface area contributed by atoms with Crippen LogP contribution in [-0.2, 0) is 11.0 Å². The third kappa shape index (κ3) is 2.36. The lowest BCUT2D eigenvalue weighted by molar-refractivity contribution is 0.647. The van der Waals surface area contributed by atoms with Crippen LogP contribution < -0.4 is 0 Å². The molecule has 1 heterocycles. The monoisotopic (exact) mass is 307 g/mol. The van der Waals surface area contributed by atoms with Crippen LogP contribution in [0.5, 0.6) is 0 Å². The average Bonchev–Trinajstić information content (AvgIpc) is 3.35. The molecule has 1 aliphatic heterocycles. The fourth-order valence-electron chi connectivity index (χ4n) is 2.89. The van der Waals surface area contributed by atoms with Crippen molar-refractivity contribution < 1.29 is 4.21 Å².